The molecule has 2 aliphatic rings. The number of aromatic amines is 8. The predicted molar refractivity (Wildman–Crippen MR) is 571 cm³/mol. The highest BCUT2D eigenvalue weighted by Crippen LogP contribution is 2.30. The molecule has 48 heteroatoms. The summed E-state index contributed by atoms with van der Waals surface area (Å²) < 4.78 is 45.3. The molecule has 9 heterocycles. The highest BCUT2D eigenvalue weighted by atomic mass is 79.9. The van der Waals surface area contributed by atoms with Crippen molar-refractivity contribution >= 4 is 160 Å². The van der Waals surface area contributed by atoms with Crippen LogP contribution in [0.1, 0.15) is 51.0 Å². The van der Waals surface area contributed by atoms with Crippen LogP contribution >= 0.6 is 27.5 Å². The molecule has 0 unspecified atom stereocenters. The fraction of sp³-hybridized carbons (Fsp3) is 0.330. The molecule has 1 saturated heterocycles. The molecule has 0 radical (unpaired) electrons. The summed E-state index contributed by atoms with van der Waals surface area (Å²) in [6, 6.07) is 37.2. The van der Waals surface area contributed by atoms with Crippen molar-refractivity contribution < 1.29 is 13.2 Å². The van der Waals surface area contributed by atoms with E-state index < -0.39 is 52.4 Å². The molecule has 0 amide bonds. The zero-order valence-corrected chi connectivity index (χ0v) is 84.6. The minimum Gasteiger partial charge on any atom is -0.387 e. The average molecular weight is 2090 g/mol. The number of halogens is 5. The fourth-order valence-electron chi connectivity index (χ4n) is 14.8. The largest absolute Gasteiger partial charge is 0.405 e. The van der Waals surface area contributed by atoms with Gasteiger partial charge in [0.1, 0.15) is 12.4 Å². The molecule has 0 atom stereocenters. The van der Waals surface area contributed by atoms with Crippen molar-refractivity contribution in [1.82, 2.24) is 91.1 Å². The Morgan fingerprint density at radius 2 is 0.683 bits per heavy atom. The molecule has 1 saturated carbocycles. The van der Waals surface area contributed by atoms with E-state index in [1.165, 1.54) is 120 Å². The van der Waals surface area contributed by atoms with Gasteiger partial charge in [-0.1, -0.05) is 31.0 Å². The minimum atomic E-state index is -4.34. The third kappa shape index (κ3) is 27.4. The lowest BCUT2D eigenvalue weighted by molar-refractivity contribution is -0.115. The van der Waals surface area contributed by atoms with Gasteiger partial charge >= 0.3 is 51.7 Å². The van der Waals surface area contributed by atoms with Crippen molar-refractivity contribution in [3.05, 3.63) is 315 Å². The number of likely N-dealkylation sites (tertiary alicyclic amines) is 1. The highest BCUT2D eigenvalue weighted by molar-refractivity contribution is 9.10. The number of aromatic nitrogens is 16. The van der Waals surface area contributed by atoms with Gasteiger partial charge in [0, 0.05) is 162 Å². The van der Waals surface area contributed by atoms with Gasteiger partial charge in [0.25, 0.3) is 44.5 Å². The molecule has 0 spiro atoms. The van der Waals surface area contributed by atoms with Crippen LogP contribution < -0.4 is 127 Å². The lowest BCUT2D eigenvalue weighted by Gasteiger charge is -2.26. The zero-order chi connectivity index (χ0) is 106. The van der Waals surface area contributed by atoms with Crippen LogP contribution in [-0.2, 0) is 56.4 Å². The molecule has 1 aliphatic heterocycles. The Hall–Kier alpha value is -16.2. The molecule has 16 N–H and O–H groups in total. The molecular weight excluding hydrogens is 1970 g/mol. The third-order valence-electron chi connectivity index (χ3n) is 23.7. The molecule has 18 rings (SSSR count). The first-order valence-electron chi connectivity index (χ1n) is 45.7. The molecule has 1 aliphatic carbocycles. The van der Waals surface area contributed by atoms with Crippen LogP contribution in [0.25, 0.3) is 87.2 Å². The summed E-state index contributed by atoms with van der Waals surface area (Å²) in [5.74, 6) is 1.10. The molecule has 43 nitrogen and oxygen atoms in total. The minimum absolute atomic E-state index is 0.175. The van der Waals surface area contributed by atoms with E-state index in [1.54, 1.807) is 112 Å². The summed E-state index contributed by atoms with van der Waals surface area (Å²) in [6.07, 6.45) is 3.19. The number of anilines is 7. The lowest BCUT2D eigenvalue weighted by Crippen LogP contribution is -2.33. The summed E-state index contributed by atoms with van der Waals surface area (Å²) in [5, 5.41) is 33.1. The van der Waals surface area contributed by atoms with E-state index in [0.717, 1.165) is 121 Å². The van der Waals surface area contributed by atoms with Gasteiger partial charge in [0.05, 0.1) is 104 Å². The number of H-pyrrole nitrogens is 8. The van der Waals surface area contributed by atoms with E-state index in [9.17, 15) is 89.9 Å². The number of hydrogen-bond acceptors (Lipinski definition) is 26. The summed E-state index contributed by atoms with van der Waals surface area (Å²) in [4.78, 5) is 214. The number of rotatable bonds is 19. The number of hydrogen-bond donors (Lipinski definition) is 16. The van der Waals surface area contributed by atoms with Crippen LogP contribution in [0.2, 0.25) is 5.02 Å². The van der Waals surface area contributed by atoms with E-state index in [0.29, 0.717) is 98.4 Å². The Kier molecular flexibility index (Phi) is 36.2. The van der Waals surface area contributed by atoms with Crippen LogP contribution in [0, 0.1) is 11.3 Å². The number of piperidine rings is 1. The van der Waals surface area contributed by atoms with Gasteiger partial charge in [-0.2, -0.15) is 13.2 Å². The number of nitrogens with one attached hydrogen (secondary N) is 16. The summed E-state index contributed by atoms with van der Waals surface area (Å²) >= 11 is 9.32. The Labute approximate surface area is 833 Å². The fourth-order valence-corrected chi connectivity index (χ4v) is 15.6. The summed E-state index contributed by atoms with van der Waals surface area (Å²) in [5.41, 5.74) is 3.83. The van der Waals surface area contributed by atoms with Crippen LogP contribution in [0.3, 0.4) is 0 Å². The number of alkyl halides is 3. The molecule has 2 fully saturated rings. The van der Waals surface area contributed by atoms with Crippen molar-refractivity contribution in [3.8, 4) is 0 Å². The van der Waals surface area contributed by atoms with E-state index in [-0.39, 0.29) is 66.9 Å². The van der Waals surface area contributed by atoms with Gasteiger partial charge in [-0.3, -0.25) is 80.3 Å². The van der Waals surface area contributed by atoms with Gasteiger partial charge in [-0.15, -0.1) is 0 Å². The first-order chi connectivity index (χ1) is 68.7. The maximum Gasteiger partial charge on any atom is 0.405 e. The van der Waals surface area contributed by atoms with Gasteiger partial charge in [0.15, 0.2) is 0 Å². The second-order valence-corrected chi connectivity index (χ2v) is 36.0. The Morgan fingerprint density at radius 1 is 0.386 bits per heavy atom. The van der Waals surface area contributed by atoms with Crippen molar-refractivity contribution in [3.63, 3.8) is 0 Å². The van der Waals surface area contributed by atoms with Gasteiger partial charge in [-0.05, 0) is 209 Å². The first-order valence-corrected chi connectivity index (χ1v) is 46.9. The number of likely N-dealkylation sites (N-methyl/N-ethyl adjacent to an activating group) is 1. The quantitative estimate of drug-likeness (QED) is 0.0296. The van der Waals surface area contributed by atoms with Crippen LogP contribution in [0.15, 0.2) is 215 Å². The average Bonchev–Trinajstić information content (AvgIpc) is 1.29. The highest BCUT2D eigenvalue weighted by Gasteiger charge is 2.27. The van der Waals surface area contributed by atoms with E-state index in [1.807, 2.05) is 50.5 Å². The second kappa shape index (κ2) is 48.1. The standard InChI is InChI=1S/C16H22N4O2.C13H18N4O2.C13H15N3O2.C12H14N4O2.C12H15N3O2.C11H10F3N3O2.C10H10BrN3O2.C10H10ClN3O2/c1-19-15(21)13-6-5-12(11-14(13)18-16(19)22)17-7-10-20-8-3-2-4-9-20;1-16(2)7-6-14-9-4-5-10-11(8-9)15-13(19)17(3)12(10)18;1-16-12(17)10-5-4-9(14-7-8-2-3-8)6-11(10)15-13(16)18;1-15(2)10(13)7-4-5-8-9(6-7)14-12(18)16(3)11(8)17;1-3-6-13-8-4-5-9-10(7-8)14-12(17)15(2)11(9)16;1-17-9(18)7-3-2-6(15-5-11(12,13)14)4-8(7)16-10(17)19;2*1-12-8-4-7-5(3-6(8)11)9(15)14(2)10(16)13-7/h5-6,11,17H,2-4,7-10H2,1H3,(H,18,22);4-5,8,14H,6-7H2,1-3H3,(H,15,19);4-6,8,14H,2-3,7H2,1H3,(H,15,18);4-6,13H,1-3H3,(H,14,18);4-5,7,13H,3,6H2,1-2H3,(H,14,17);2-4,15H,5H2,1H3,(H,16,19);2*3-4,12H,1-2H3,(H,13,16). The normalized spacial score (nSPS) is 12.2. The van der Waals surface area contributed by atoms with Crippen molar-refractivity contribution in [2.24, 2.45) is 62.3 Å². The number of benzene rings is 8. The van der Waals surface area contributed by atoms with Crippen LogP contribution in [0.4, 0.5) is 53.0 Å². The SMILES string of the molecule is CCCNc1ccc2c(=O)n(C)c(=O)[nH]c2c1.CN(C)C(=N)c1ccc2c(=O)n(C)c(=O)[nH]c2c1.CN(C)CCNc1ccc2c(=O)n(C)c(=O)[nH]c2c1.CNc1cc2[nH]c(=O)n(C)c(=O)c2cc1Br.CNc1cc2[nH]c(=O)n(C)c(=O)c2cc1Cl.Cn1c(=O)[nH]c2cc(NCC(F)(F)F)ccc2c1=O.Cn1c(=O)[nH]c2cc(NCC3CC3)ccc2c1=O.Cn1c(=O)[nH]c2cc(NCCN3CCCCC3)ccc2c1=O. The first kappa shape index (κ1) is 109. The number of nitrogens with zero attached hydrogens (tertiary/aromatic N) is 11. The van der Waals surface area contributed by atoms with E-state index in [4.69, 9.17) is 17.0 Å². The van der Waals surface area contributed by atoms with E-state index >= 15 is 0 Å². The maximum atomic E-state index is 12.1. The topological polar surface area (TPSA) is 557 Å². The monoisotopic (exact) mass is 2080 g/mol. The Morgan fingerprint density at radius 3 is 1.01 bits per heavy atom. The Bertz CT molecular complexity index is 8530. The van der Waals surface area contributed by atoms with E-state index in [2.05, 4.69) is 110 Å². The molecule has 8 aromatic carbocycles. The van der Waals surface area contributed by atoms with Crippen LogP contribution in [-0.4, -0.2) is 204 Å². The lowest BCUT2D eigenvalue weighted by atomic mass is 10.1. The molecular formula is C97H114BrClF3N27O16. The maximum absolute atomic E-state index is 12.1. The Balaban J connectivity index is 0.000000158. The van der Waals surface area contributed by atoms with Gasteiger partial charge in [-0.25, -0.2) is 38.4 Å². The zero-order valence-electron chi connectivity index (χ0n) is 82.2. The molecule has 145 heavy (non-hydrogen) atoms. The smallest absolute Gasteiger partial charge is 0.387 e. The molecule has 768 valence electrons. The summed E-state index contributed by atoms with van der Waals surface area (Å²) in [7, 11) is 22.5. The molecule has 0 bridgehead atoms. The molecule has 16 aromatic rings. The van der Waals surface area contributed by atoms with Crippen molar-refractivity contribution in [2.75, 3.05) is 138 Å². The predicted octanol–water partition coefficient (Wildman–Crippen LogP) is 6.69. The molecule has 8 aromatic heterocycles. The summed E-state index contributed by atoms with van der Waals surface area (Å²) in [6.45, 7) is 8.66. The van der Waals surface area contributed by atoms with Gasteiger partial charge < -0.3 is 91.8 Å². The third-order valence-corrected chi connectivity index (χ3v) is 24.7. The second-order valence-electron chi connectivity index (χ2n) is 34.7. The van der Waals surface area contributed by atoms with Crippen molar-refractivity contribution in [2.45, 2.75) is 51.6 Å². The van der Waals surface area contributed by atoms with Crippen LogP contribution in [0.5, 0.6) is 0 Å². The number of amidine groups is 1. The van der Waals surface area contributed by atoms with Crippen molar-refractivity contribution in [1.29, 1.82) is 5.41 Å². The van der Waals surface area contributed by atoms with Gasteiger partial charge in [0.2, 0.25) is 0 Å². The number of fused-ring (bicyclic) bond motifs is 8.